The molecule has 2 atom stereocenters. The molecule has 1 aromatic rings. The first-order valence-electron chi connectivity index (χ1n) is 7.55. The molecule has 1 N–H and O–H groups in total. The molecule has 2 unspecified atom stereocenters. The van der Waals surface area contributed by atoms with Crippen molar-refractivity contribution in [2.75, 3.05) is 24.6 Å². The van der Waals surface area contributed by atoms with Gasteiger partial charge in [-0.1, -0.05) is 17.7 Å². The Bertz CT molecular complexity index is 442. The summed E-state index contributed by atoms with van der Waals surface area (Å²) in [6, 6.07) is 6.32. The van der Waals surface area contributed by atoms with Crippen LogP contribution in [-0.4, -0.2) is 30.7 Å². The molecule has 0 saturated carbocycles. The highest BCUT2D eigenvalue weighted by Gasteiger charge is 2.19. The van der Waals surface area contributed by atoms with E-state index in [1.165, 1.54) is 30.7 Å². The number of rotatable bonds is 4. The van der Waals surface area contributed by atoms with Gasteiger partial charge in [0.1, 0.15) is 11.9 Å². The summed E-state index contributed by atoms with van der Waals surface area (Å²) < 4.78 is 5.99. The fraction of sp³-hybridized carbons (Fsp3) is 0.625. The van der Waals surface area contributed by atoms with E-state index in [2.05, 4.69) is 23.5 Å². The van der Waals surface area contributed by atoms with Crippen LogP contribution in [0.15, 0.2) is 18.2 Å². The van der Waals surface area contributed by atoms with Crippen LogP contribution in [0.5, 0.6) is 5.75 Å². The molecule has 2 fully saturated rings. The molecule has 2 aliphatic heterocycles. The van der Waals surface area contributed by atoms with Gasteiger partial charge in [-0.2, -0.15) is 11.8 Å². The zero-order valence-electron chi connectivity index (χ0n) is 11.7. The minimum absolute atomic E-state index is 0.339. The molecule has 2 heterocycles. The molecule has 0 spiro atoms. The Kier molecular flexibility index (Phi) is 5.14. The van der Waals surface area contributed by atoms with Crippen LogP contribution in [0, 0.1) is 5.92 Å². The van der Waals surface area contributed by atoms with Crippen LogP contribution < -0.4 is 10.1 Å². The largest absolute Gasteiger partial charge is 0.488 e. The molecular weight excluding hydrogens is 290 g/mol. The van der Waals surface area contributed by atoms with Crippen LogP contribution in [0.3, 0.4) is 0 Å². The third kappa shape index (κ3) is 3.84. The zero-order chi connectivity index (χ0) is 13.8. The fourth-order valence-electron chi connectivity index (χ4n) is 2.98. The lowest BCUT2D eigenvalue weighted by Crippen LogP contribution is -2.30. The van der Waals surface area contributed by atoms with Crippen molar-refractivity contribution in [1.29, 1.82) is 0 Å². The number of piperidine rings is 1. The van der Waals surface area contributed by atoms with E-state index < -0.39 is 0 Å². The maximum Gasteiger partial charge on any atom is 0.138 e. The molecule has 110 valence electrons. The standard InChI is InChI=1S/C16H22ClNOS/c17-15-9-12(8-13-2-1-6-18-10-13)3-4-16(15)19-14-5-7-20-11-14/h3-4,9,13-14,18H,1-2,5-8,10-11H2. The van der Waals surface area contributed by atoms with Crippen molar-refractivity contribution < 1.29 is 4.74 Å². The molecule has 3 rings (SSSR count). The number of ether oxygens (including phenoxy) is 1. The van der Waals surface area contributed by atoms with Crippen LogP contribution in [0.4, 0.5) is 0 Å². The van der Waals surface area contributed by atoms with Crippen LogP contribution in [0.2, 0.25) is 5.02 Å². The Labute approximate surface area is 130 Å². The van der Waals surface area contributed by atoms with Crippen LogP contribution in [0.1, 0.15) is 24.8 Å². The van der Waals surface area contributed by atoms with E-state index in [1.54, 1.807) is 0 Å². The second kappa shape index (κ2) is 7.06. The van der Waals surface area contributed by atoms with Crippen molar-refractivity contribution in [1.82, 2.24) is 5.32 Å². The van der Waals surface area contributed by atoms with E-state index in [-0.39, 0.29) is 0 Å². The van der Waals surface area contributed by atoms with Gasteiger partial charge in [0.05, 0.1) is 5.02 Å². The molecule has 20 heavy (non-hydrogen) atoms. The fourth-order valence-corrected chi connectivity index (χ4v) is 4.33. The monoisotopic (exact) mass is 311 g/mol. The molecule has 0 radical (unpaired) electrons. The summed E-state index contributed by atoms with van der Waals surface area (Å²) in [5.74, 6) is 3.89. The summed E-state index contributed by atoms with van der Waals surface area (Å²) in [6.07, 6.45) is 5.20. The number of benzene rings is 1. The lowest BCUT2D eigenvalue weighted by molar-refractivity contribution is 0.229. The minimum atomic E-state index is 0.339. The zero-order valence-corrected chi connectivity index (χ0v) is 13.3. The Morgan fingerprint density at radius 1 is 1.35 bits per heavy atom. The maximum absolute atomic E-state index is 6.38. The number of hydrogen-bond donors (Lipinski definition) is 1. The predicted molar refractivity (Wildman–Crippen MR) is 87.1 cm³/mol. The second-order valence-corrected chi connectivity index (χ2v) is 7.34. The number of thioether (sulfide) groups is 1. The Morgan fingerprint density at radius 3 is 3.00 bits per heavy atom. The highest BCUT2D eigenvalue weighted by molar-refractivity contribution is 7.99. The first-order valence-corrected chi connectivity index (χ1v) is 9.08. The Morgan fingerprint density at radius 2 is 2.30 bits per heavy atom. The van der Waals surface area contributed by atoms with Crippen molar-refractivity contribution in [2.24, 2.45) is 5.92 Å². The van der Waals surface area contributed by atoms with E-state index in [4.69, 9.17) is 16.3 Å². The Balaban J connectivity index is 1.60. The molecule has 0 aromatic heterocycles. The number of halogens is 1. The summed E-state index contributed by atoms with van der Waals surface area (Å²) >= 11 is 8.34. The molecule has 0 amide bonds. The lowest BCUT2D eigenvalue weighted by atomic mass is 9.92. The number of hydrogen-bond acceptors (Lipinski definition) is 3. The molecule has 4 heteroatoms. The van der Waals surface area contributed by atoms with Crippen LogP contribution in [0.25, 0.3) is 0 Å². The first-order chi connectivity index (χ1) is 9.81. The number of nitrogens with one attached hydrogen (secondary N) is 1. The van der Waals surface area contributed by atoms with Gasteiger partial charge in [-0.05, 0) is 68.1 Å². The van der Waals surface area contributed by atoms with E-state index in [0.717, 1.165) is 41.8 Å². The summed E-state index contributed by atoms with van der Waals surface area (Å²) in [7, 11) is 0. The molecule has 1 aromatic carbocycles. The van der Waals surface area contributed by atoms with Gasteiger partial charge in [0.15, 0.2) is 0 Å². The molecule has 0 bridgehead atoms. The second-order valence-electron chi connectivity index (χ2n) is 5.78. The topological polar surface area (TPSA) is 21.3 Å². The van der Waals surface area contributed by atoms with Gasteiger partial charge in [0.2, 0.25) is 0 Å². The smallest absolute Gasteiger partial charge is 0.138 e. The molecule has 0 aliphatic carbocycles. The van der Waals surface area contributed by atoms with E-state index >= 15 is 0 Å². The van der Waals surface area contributed by atoms with E-state index in [0.29, 0.717) is 6.10 Å². The van der Waals surface area contributed by atoms with Gasteiger partial charge in [0, 0.05) is 5.75 Å². The van der Waals surface area contributed by atoms with Crippen molar-refractivity contribution in [3.05, 3.63) is 28.8 Å². The minimum Gasteiger partial charge on any atom is -0.488 e. The lowest BCUT2D eigenvalue weighted by Gasteiger charge is -2.23. The van der Waals surface area contributed by atoms with Crippen molar-refractivity contribution in [2.45, 2.75) is 31.8 Å². The van der Waals surface area contributed by atoms with Crippen molar-refractivity contribution in [3.63, 3.8) is 0 Å². The highest BCUT2D eigenvalue weighted by atomic mass is 35.5. The van der Waals surface area contributed by atoms with Gasteiger partial charge in [-0.15, -0.1) is 0 Å². The average molecular weight is 312 g/mol. The van der Waals surface area contributed by atoms with E-state index in [1.807, 2.05) is 11.8 Å². The van der Waals surface area contributed by atoms with Crippen molar-refractivity contribution >= 4 is 23.4 Å². The van der Waals surface area contributed by atoms with Crippen LogP contribution in [-0.2, 0) is 6.42 Å². The predicted octanol–water partition coefficient (Wildman–Crippen LogP) is 3.77. The summed E-state index contributed by atoms with van der Waals surface area (Å²) in [5.41, 5.74) is 1.33. The first kappa shape index (κ1) is 14.6. The molecule has 2 nitrogen and oxygen atoms in total. The van der Waals surface area contributed by atoms with Gasteiger partial charge in [-0.3, -0.25) is 0 Å². The molecule has 2 aliphatic rings. The van der Waals surface area contributed by atoms with E-state index in [9.17, 15) is 0 Å². The summed E-state index contributed by atoms with van der Waals surface area (Å²) in [6.45, 7) is 2.30. The highest BCUT2D eigenvalue weighted by Crippen LogP contribution is 2.30. The molecule has 2 saturated heterocycles. The quantitative estimate of drug-likeness (QED) is 0.914. The SMILES string of the molecule is Clc1cc(CC2CCCNC2)ccc1OC1CCSC1. The normalized spacial score (nSPS) is 26.6. The third-order valence-corrected chi connectivity index (χ3v) is 5.53. The molecular formula is C16H22ClNOS. The average Bonchev–Trinajstić information content (AvgIpc) is 2.96. The summed E-state index contributed by atoms with van der Waals surface area (Å²) in [4.78, 5) is 0. The Hall–Kier alpha value is -0.380. The third-order valence-electron chi connectivity index (χ3n) is 4.10. The maximum atomic E-state index is 6.38. The van der Waals surface area contributed by atoms with Gasteiger partial charge in [0.25, 0.3) is 0 Å². The van der Waals surface area contributed by atoms with Gasteiger partial charge < -0.3 is 10.1 Å². The summed E-state index contributed by atoms with van der Waals surface area (Å²) in [5, 5.41) is 4.24. The van der Waals surface area contributed by atoms with Gasteiger partial charge >= 0.3 is 0 Å². The van der Waals surface area contributed by atoms with Crippen LogP contribution >= 0.6 is 23.4 Å². The van der Waals surface area contributed by atoms with Gasteiger partial charge in [-0.25, -0.2) is 0 Å². The van der Waals surface area contributed by atoms with Crippen molar-refractivity contribution in [3.8, 4) is 5.75 Å².